The number of nitrogens with zero attached hydrogens (tertiary/aromatic N) is 1. The van der Waals surface area contributed by atoms with Crippen molar-refractivity contribution in [1.82, 2.24) is 4.98 Å². The second-order valence-electron chi connectivity index (χ2n) is 3.97. The Morgan fingerprint density at radius 3 is 2.76 bits per heavy atom. The van der Waals surface area contributed by atoms with E-state index in [1.165, 1.54) is 0 Å². The second kappa shape index (κ2) is 3.93. The van der Waals surface area contributed by atoms with E-state index in [0.29, 0.717) is 0 Å². The van der Waals surface area contributed by atoms with Gasteiger partial charge in [-0.1, -0.05) is 17.3 Å². The topological polar surface area (TPSA) is 91.5 Å². The molecule has 2 aromatic rings. The van der Waals surface area contributed by atoms with Gasteiger partial charge in [-0.05, 0) is 36.4 Å². The highest BCUT2D eigenvalue weighted by atomic mass is 16.4. The molecule has 0 unspecified atom stereocenters. The van der Waals surface area contributed by atoms with E-state index in [-0.39, 0.29) is 17.0 Å². The molecular formula is C12H13N3O2. The lowest BCUT2D eigenvalue weighted by molar-refractivity contribution is 0.318. The predicted molar refractivity (Wildman–Crippen MR) is 66.6 cm³/mol. The van der Waals surface area contributed by atoms with Gasteiger partial charge < -0.3 is 15.9 Å². The molecule has 0 spiro atoms. The second-order valence-corrected chi connectivity index (χ2v) is 3.97. The number of aromatic nitrogens is 1. The molecule has 0 aliphatic rings. The minimum absolute atomic E-state index is 0.170. The molecule has 0 atom stereocenters. The summed E-state index contributed by atoms with van der Waals surface area (Å²) in [5, 5.41) is 12.3. The first-order chi connectivity index (χ1) is 8.04. The van der Waals surface area contributed by atoms with Crippen LogP contribution in [0.25, 0.3) is 10.9 Å². The van der Waals surface area contributed by atoms with Crippen LogP contribution in [0.5, 0.6) is 0 Å². The number of oxime groups is 1. The van der Waals surface area contributed by atoms with Crippen molar-refractivity contribution in [2.75, 3.05) is 0 Å². The lowest BCUT2D eigenvalue weighted by Crippen LogP contribution is -2.24. The summed E-state index contributed by atoms with van der Waals surface area (Å²) >= 11 is 0. The van der Waals surface area contributed by atoms with Crippen molar-refractivity contribution in [3.63, 3.8) is 0 Å². The summed E-state index contributed by atoms with van der Waals surface area (Å²) in [6.45, 7) is 3.92. The predicted octanol–water partition coefficient (Wildman–Crippen LogP) is 1.24. The van der Waals surface area contributed by atoms with Crippen LogP contribution in [0.2, 0.25) is 0 Å². The summed E-state index contributed by atoms with van der Waals surface area (Å²) in [4.78, 5) is 14.5. The minimum atomic E-state index is -0.360. The first kappa shape index (κ1) is 11.2. The van der Waals surface area contributed by atoms with E-state index in [9.17, 15) is 4.79 Å². The number of amidine groups is 1. The number of pyridine rings is 1. The van der Waals surface area contributed by atoms with Gasteiger partial charge in [0.25, 0.3) is 5.56 Å². The number of rotatable bonds is 1. The van der Waals surface area contributed by atoms with Gasteiger partial charge in [-0.25, -0.2) is 0 Å². The fourth-order valence-electron chi connectivity index (χ4n) is 1.77. The lowest BCUT2D eigenvalue weighted by Gasteiger charge is -2.06. The van der Waals surface area contributed by atoms with E-state index >= 15 is 0 Å². The van der Waals surface area contributed by atoms with Crippen LogP contribution in [0, 0.1) is 13.8 Å². The zero-order chi connectivity index (χ0) is 12.6. The van der Waals surface area contributed by atoms with E-state index in [1.807, 2.05) is 26.0 Å². The summed E-state index contributed by atoms with van der Waals surface area (Å²) in [6, 6.07) is 5.48. The average molecular weight is 231 g/mol. The Balaban J connectivity index is 2.85. The highest BCUT2D eigenvalue weighted by Crippen LogP contribution is 2.18. The number of hydrogen-bond donors (Lipinski definition) is 3. The molecule has 1 aromatic heterocycles. The number of nitrogens with one attached hydrogen (secondary N) is 1. The van der Waals surface area contributed by atoms with Crippen molar-refractivity contribution in [2.45, 2.75) is 13.8 Å². The number of fused-ring (bicyclic) bond motifs is 1. The number of benzene rings is 1. The van der Waals surface area contributed by atoms with Crippen LogP contribution in [-0.2, 0) is 0 Å². The van der Waals surface area contributed by atoms with Crippen molar-refractivity contribution in [3.05, 3.63) is 45.2 Å². The summed E-state index contributed by atoms with van der Waals surface area (Å²) in [6.07, 6.45) is 0. The molecular weight excluding hydrogens is 218 g/mol. The highest BCUT2D eigenvalue weighted by Gasteiger charge is 2.09. The molecule has 2 rings (SSSR count). The van der Waals surface area contributed by atoms with Crippen molar-refractivity contribution in [1.29, 1.82) is 0 Å². The molecule has 88 valence electrons. The van der Waals surface area contributed by atoms with Crippen LogP contribution >= 0.6 is 0 Å². The maximum absolute atomic E-state index is 11.8. The molecule has 0 saturated heterocycles. The molecule has 5 heteroatoms. The van der Waals surface area contributed by atoms with E-state index in [0.717, 1.165) is 22.0 Å². The number of nitrogens with two attached hydrogens (primary N) is 1. The van der Waals surface area contributed by atoms with E-state index in [1.54, 1.807) is 6.07 Å². The fraction of sp³-hybridized carbons (Fsp3) is 0.167. The first-order valence-corrected chi connectivity index (χ1v) is 5.15. The van der Waals surface area contributed by atoms with Gasteiger partial charge in [0.15, 0.2) is 5.84 Å². The number of aryl methyl sites for hydroxylation is 2. The molecule has 1 heterocycles. The number of H-pyrrole nitrogens is 1. The van der Waals surface area contributed by atoms with E-state index < -0.39 is 0 Å². The van der Waals surface area contributed by atoms with E-state index in [2.05, 4.69) is 10.1 Å². The van der Waals surface area contributed by atoms with Gasteiger partial charge in [0.1, 0.15) is 0 Å². The average Bonchev–Trinajstić information content (AvgIpc) is 2.33. The summed E-state index contributed by atoms with van der Waals surface area (Å²) < 4.78 is 0. The zero-order valence-electron chi connectivity index (χ0n) is 9.61. The van der Waals surface area contributed by atoms with Crippen LogP contribution in [0.1, 0.15) is 16.7 Å². The molecule has 1 aromatic carbocycles. The van der Waals surface area contributed by atoms with Gasteiger partial charge in [0.05, 0.1) is 11.1 Å². The zero-order valence-corrected chi connectivity index (χ0v) is 9.61. The van der Waals surface area contributed by atoms with Crippen molar-refractivity contribution in [3.8, 4) is 0 Å². The molecule has 0 radical (unpaired) electrons. The SMILES string of the molecule is Cc1ccc2cc(/C(N)=N\O)c(=O)[nH]c2c1C. The molecule has 0 amide bonds. The molecule has 0 aliphatic carbocycles. The molecule has 0 bridgehead atoms. The maximum atomic E-state index is 11.8. The largest absolute Gasteiger partial charge is 0.409 e. The third-order valence-corrected chi connectivity index (χ3v) is 2.93. The van der Waals surface area contributed by atoms with Crippen LogP contribution in [0.15, 0.2) is 28.1 Å². The Kier molecular flexibility index (Phi) is 2.59. The van der Waals surface area contributed by atoms with Crippen LogP contribution in [0.3, 0.4) is 0 Å². The van der Waals surface area contributed by atoms with E-state index in [4.69, 9.17) is 10.9 Å². The van der Waals surface area contributed by atoms with Crippen molar-refractivity contribution in [2.24, 2.45) is 10.9 Å². The van der Waals surface area contributed by atoms with Gasteiger partial charge >= 0.3 is 0 Å². The Labute approximate surface area is 97.6 Å². The van der Waals surface area contributed by atoms with Gasteiger partial charge in [0.2, 0.25) is 0 Å². The number of aromatic amines is 1. The Morgan fingerprint density at radius 2 is 2.12 bits per heavy atom. The van der Waals surface area contributed by atoms with Crippen LogP contribution < -0.4 is 11.3 Å². The molecule has 0 saturated carbocycles. The van der Waals surface area contributed by atoms with Gasteiger partial charge in [-0.15, -0.1) is 0 Å². The third-order valence-electron chi connectivity index (χ3n) is 2.93. The fourth-order valence-corrected chi connectivity index (χ4v) is 1.77. The van der Waals surface area contributed by atoms with Gasteiger partial charge in [-0.3, -0.25) is 4.79 Å². The van der Waals surface area contributed by atoms with Crippen LogP contribution in [-0.4, -0.2) is 16.0 Å². The van der Waals surface area contributed by atoms with Crippen LogP contribution in [0.4, 0.5) is 0 Å². The number of hydrogen-bond acceptors (Lipinski definition) is 3. The monoisotopic (exact) mass is 231 g/mol. The summed E-state index contributed by atoms with van der Waals surface area (Å²) in [7, 11) is 0. The smallest absolute Gasteiger partial charge is 0.259 e. The third kappa shape index (κ3) is 1.75. The molecule has 0 fully saturated rings. The molecule has 17 heavy (non-hydrogen) atoms. The van der Waals surface area contributed by atoms with Crippen molar-refractivity contribution < 1.29 is 5.21 Å². The molecule has 5 nitrogen and oxygen atoms in total. The summed E-state index contributed by atoms with van der Waals surface area (Å²) in [5.74, 6) is -0.189. The Bertz CT molecular complexity index is 671. The quantitative estimate of drug-likeness (QED) is 0.298. The minimum Gasteiger partial charge on any atom is -0.409 e. The van der Waals surface area contributed by atoms with Gasteiger partial charge in [-0.2, -0.15) is 0 Å². The summed E-state index contributed by atoms with van der Waals surface area (Å²) in [5.41, 5.74) is 8.15. The standard InChI is InChI=1S/C12H13N3O2/c1-6-3-4-8-5-9(11(13)15-17)12(16)14-10(8)7(6)2/h3-5,17H,1-2H3,(H2,13,15)(H,14,16). The van der Waals surface area contributed by atoms with Gasteiger partial charge in [0, 0.05) is 0 Å². The maximum Gasteiger partial charge on any atom is 0.259 e. The Hall–Kier alpha value is -2.30. The Morgan fingerprint density at radius 1 is 1.41 bits per heavy atom. The molecule has 0 aliphatic heterocycles. The van der Waals surface area contributed by atoms with Crippen molar-refractivity contribution >= 4 is 16.7 Å². The lowest BCUT2D eigenvalue weighted by atomic mass is 10.0. The first-order valence-electron chi connectivity index (χ1n) is 5.15. The normalized spacial score (nSPS) is 12.0. The molecule has 4 N–H and O–H groups in total. The highest BCUT2D eigenvalue weighted by molar-refractivity contribution is 5.99.